The summed E-state index contributed by atoms with van der Waals surface area (Å²) in [6, 6.07) is 10.1. The first-order chi connectivity index (χ1) is 13.2. The third kappa shape index (κ3) is 5.93. The Morgan fingerprint density at radius 1 is 1.21 bits per heavy atom. The first-order valence-corrected chi connectivity index (χ1v) is 10.4. The van der Waals surface area contributed by atoms with E-state index in [2.05, 4.69) is 17.0 Å². The SMILES string of the molecule is CCOC(=O)C1(c2ccccc2)CCN(CCOCC2CCCCO2)CC1.Cl. The predicted octanol–water partition coefficient (Wildman–Crippen LogP) is 3.59. The molecule has 2 saturated heterocycles. The van der Waals surface area contributed by atoms with E-state index in [1.165, 1.54) is 12.8 Å². The minimum Gasteiger partial charge on any atom is -0.465 e. The molecular weight excluding hydrogens is 378 g/mol. The number of halogens is 1. The summed E-state index contributed by atoms with van der Waals surface area (Å²) < 4.78 is 17.0. The monoisotopic (exact) mass is 411 g/mol. The van der Waals surface area contributed by atoms with E-state index in [1.54, 1.807) is 0 Å². The van der Waals surface area contributed by atoms with E-state index in [4.69, 9.17) is 14.2 Å². The number of benzene rings is 1. The summed E-state index contributed by atoms with van der Waals surface area (Å²) in [5.41, 5.74) is 0.568. The van der Waals surface area contributed by atoms with Gasteiger partial charge in [0.05, 0.1) is 31.3 Å². The lowest BCUT2D eigenvalue weighted by Crippen LogP contribution is -2.48. The molecule has 1 aromatic carbocycles. The third-order valence-corrected chi connectivity index (χ3v) is 5.83. The molecule has 2 aliphatic heterocycles. The average molecular weight is 412 g/mol. The topological polar surface area (TPSA) is 48.0 Å². The molecule has 0 aliphatic carbocycles. The van der Waals surface area contributed by atoms with Crippen LogP contribution < -0.4 is 0 Å². The molecule has 28 heavy (non-hydrogen) atoms. The fourth-order valence-electron chi connectivity index (χ4n) is 4.14. The minimum absolute atomic E-state index is 0. The van der Waals surface area contributed by atoms with Crippen LogP contribution in [0.3, 0.4) is 0 Å². The molecule has 1 unspecified atom stereocenters. The maximum Gasteiger partial charge on any atom is 0.316 e. The summed E-state index contributed by atoms with van der Waals surface area (Å²) in [5.74, 6) is -0.0819. The van der Waals surface area contributed by atoms with Crippen LogP contribution in [0.15, 0.2) is 30.3 Å². The van der Waals surface area contributed by atoms with Crippen molar-refractivity contribution in [2.24, 2.45) is 0 Å². The highest BCUT2D eigenvalue weighted by Gasteiger charge is 2.44. The molecule has 2 aliphatic rings. The standard InChI is InChI=1S/C22H33NO4.ClH/c1-2-26-21(24)22(19-8-4-3-5-9-19)11-13-23(14-12-22)15-17-25-18-20-10-6-7-16-27-20;/h3-5,8-9,20H,2,6-7,10-18H2,1H3;1H. The number of hydrogen-bond donors (Lipinski definition) is 0. The second-order valence-corrected chi connectivity index (χ2v) is 7.57. The number of rotatable bonds is 8. The van der Waals surface area contributed by atoms with Crippen LogP contribution in [0.5, 0.6) is 0 Å². The van der Waals surface area contributed by atoms with E-state index in [0.29, 0.717) is 13.2 Å². The van der Waals surface area contributed by atoms with Crippen molar-refractivity contribution in [3.63, 3.8) is 0 Å². The van der Waals surface area contributed by atoms with Gasteiger partial charge in [-0.25, -0.2) is 0 Å². The Hall–Kier alpha value is -1.14. The summed E-state index contributed by atoms with van der Waals surface area (Å²) >= 11 is 0. The normalized spacial score (nSPS) is 22.2. The summed E-state index contributed by atoms with van der Waals surface area (Å²) in [4.78, 5) is 15.2. The zero-order valence-corrected chi connectivity index (χ0v) is 17.8. The zero-order valence-electron chi connectivity index (χ0n) is 16.9. The largest absolute Gasteiger partial charge is 0.465 e. The summed E-state index contributed by atoms with van der Waals surface area (Å²) in [6.45, 7) is 7.26. The van der Waals surface area contributed by atoms with Gasteiger partial charge < -0.3 is 19.1 Å². The Balaban J connectivity index is 0.00000280. The summed E-state index contributed by atoms with van der Waals surface area (Å²) in [5, 5.41) is 0. The van der Waals surface area contributed by atoms with Crippen molar-refractivity contribution in [2.75, 3.05) is 46.1 Å². The van der Waals surface area contributed by atoms with Crippen molar-refractivity contribution in [1.29, 1.82) is 0 Å². The first-order valence-electron chi connectivity index (χ1n) is 10.4. The van der Waals surface area contributed by atoms with Gasteiger partial charge in [-0.1, -0.05) is 30.3 Å². The summed E-state index contributed by atoms with van der Waals surface area (Å²) in [6.07, 6.45) is 5.39. The first kappa shape index (κ1) is 23.1. The predicted molar refractivity (Wildman–Crippen MR) is 112 cm³/mol. The van der Waals surface area contributed by atoms with Crippen LogP contribution in [-0.4, -0.2) is 63.0 Å². The number of piperidine rings is 1. The molecule has 1 aromatic rings. The number of carbonyl (C=O) groups excluding carboxylic acids is 1. The van der Waals surface area contributed by atoms with E-state index in [9.17, 15) is 4.79 Å². The average Bonchev–Trinajstić information content (AvgIpc) is 2.73. The van der Waals surface area contributed by atoms with Crippen LogP contribution in [-0.2, 0) is 24.4 Å². The Bertz CT molecular complexity index is 569. The fourth-order valence-corrected chi connectivity index (χ4v) is 4.14. The molecule has 0 N–H and O–H groups in total. The fraction of sp³-hybridized carbons (Fsp3) is 0.682. The van der Waals surface area contributed by atoms with Gasteiger partial charge in [0.25, 0.3) is 0 Å². The molecule has 0 aromatic heterocycles. The van der Waals surface area contributed by atoms with Crippen molar-refractivity contribution in [2.45, 2.75) is 50.5 Å². The smallest absolute Gasteiger partial charge is 0.316 e. The maximum absolute atomic E-state index is 12.8. The van der Waals surface area contributed by atoms with E-state index in [1.807, 2.05) is 25.1 Å². The van der Waals surface area contributed by atoms with Crippen LogP contribution in [0.4, 0.5) is 0 Å². The van der Waals surface area contributed by atoms with Crippen molar-refractivity contribution in [3.05, 3.63) is 35.9 Å². The molecule has 1 atom stereocenters. The van der Waals surface area contributed by atoms with Crippen LogP contribution in [0.25, 0.3) is 0 Å². The highest BCUT2D eigenvalue weighted by atomic mass is 35.5. The van der Waals surface area contributed by atoms with Crippen molar-refractivity contribution in [1.82, 2.24) is 4.90 Å². The van der Waals surface area contributed by atoms with E-state index in [-0.39, 0.29) is 24.5 Å². The van der Waals surface area contributed by atoms with Crippen molar-refractivity contribution < 1.29 is 19.0 Å². The highest BCUT2D eigenvalue weighted by Crippen LogP contribution is 2.36. The Morgan fingerprint density at radius 2 is 1.96 bits per heavy atom. The third-order valence-electron chi connectivity index (χ3n) is 5.83. The molecule has 158 valence electrons. The van der Waals surface area contributed by atoms with Crippen LogP contribution >= 0.6 is 12.4 Å². The van der Waals surface area contributed by atoms with Crippen LogP contribution in [0.2, 0.25) is 0 Å². The number of ether oxygens (including phenoxy) is 3. The Labute approximate surface area is 175 Å². The molecule has 0 bridgehead atoms. The number of likely N-dealkylation sites (tertiary alicyclic amines) is 1. The lowest BCUT2D eigenvalue weighted by Gasteiger charge is -2.40. The maximum atomic E-state index is 12.8. The van der Waals surface area contributed by atoms with E-state index < -0.39 is 5.41 Å². The second-order valence-electron chi connectivity index (χ2n) is 7.57. The minimum atomic E-state index is -0.509. The molecule has 2 fully saturated rings. The van der Waals surface area contributed by atoms with E-state index in [0.717, 1.165) is 57.7 Å². The number of nitrogens with zero attached hydrogens (tertiary/aromatic N) is 1. The molecule has 0 radical (unpaired) electrons. The lowest BCUT2D eigenvalue weighted by atomic mass is 9.72. The van der Waals surface area contributed by atoms with Crippen molar-refractivity contribution in [3.8, 4) is 0 Å². The molecule has 5 nitrogen and oxygen atoms in total. The number of carbonyl (C=O) groups is 1. The van der Waals surface area contributed by atoms with Gasteiger partial charge >= 0.3 is 5.97 Å². The van der Waals surface area contributed by atoms with Gasteiger partial charge in [0.2, 0.25) is 0 Å². The number of hydrogen-bond acceptors (Lipinski definition) is 5. The highest BCUT2D eigenvalue weighted by molar-refractivity contribution is 5.85. The second kappa shape index (κ2) is 11.8. The molecule has 0 spiro atoms. The van der Waals surface area contributed by atoms with Gasteiger partial charge in [-0.2, -0.15) is 0 Å². The van der Waals surface area contributed by atoms with Gasteiger partial charge in [0, 0.05) is 13.2 Å². The lowest BCUT2D eigenvalue weighted by molar-refractivity contribution is -0.152. The molecular formula is C22H34ClNO4. The van der Waals surface area contributed by atoms with Gasteiger partial charge in [-0.05, 0) is 57.7 Å². The van der Waals surface area contributed by atoms with Gasteiger partial charge in [0.15, 0.2) is 0 Å². The number of esters is 1. The molecule has 2 heterocycles. The molecule has 6 heteroatoms. The Kier molecular flexibility index (Phi) is 9.72. The quantitative estimate of drug-likeness (QED) is 0.483. The van der Waals surface area contributed by atoms with Gasteiger partial charge in [0.1, 0.15) is 0 Å². The molecule has 0 saturated carbocycles. The van der Waals surface area contributed by atoms with Gasteiger partial charge in [-0.3, -0.25) is 4.79 Å². The molecule has 0 amide bonds. The molecule has 3 rings (SSSR count). The van der Waals surface area contributed by atoms with Crippen LogP contribution in [0.1, 0.15) is 44.6 Å². The summed E-state index contributed by atoms with van der Waals surface area (Å²) in [7, 11) is 0. The van der Waals surface area contributed by atoms with Crippen molar-refractivity contribution >= 4 is 18.4 Å². The van der Waals surface area contributed by atoms with E-state index >= 15 is 0 Å². The Morgan fingerprint density at radius 3 is 2.61 bits per heavy atom. The zero-order chi connectivity index (χ0) is 19.0. The van der Waals surface area contributed by atoms with Crippen LogP contribution in [0, 0.1) is 0 Å². The van der Waals surface area contributed by atoms with Gasteiger partial charge in [-0.15, -0.1) is 12.4 Å².